The highest BCUT2D eigenvalue weighted by Gasteiger charge is 2.28. The van der Waals surface area contributed by atoms with Crippen LogP contribution in [-0.2, 0) is 21.2 Å². The van der Waals surface area contributed by atoms with Crippen LogP contribution in [0.5, 0.6) is 0 Å². The number of benzene rings is 3. The van der Waals surface area contributed by atoms with Crippen molar-refractivity contribution in [1.29, 1.82) is 0 Å². The van der Waals surface area contributed by atoms with E-state index in [2.05, 4.69) is 5.32 Å². The smallest absolute Gasteiger partial charge is 0.264 e. The fourth-order valence-corrected chi connectivity index (χ4v) is 4.70. The van der Waals surface area contributed by atoms with Crippen molar-refractivity contribution in [3.63, 3.8) is 0 Å². The normalized spacial score (nSPS) is 11.2. The first-order valence-corrected chi connectivity index (χ1v) is 11.3. The van der Waals surface area contributed by atoms with Gasteiger partial charge in [-0.05, 0) is 61.7 Å². The summed E-state index contributed by atoms with van der Waals surface area (Å²) in [6.07, 6.45) is 0.648. The van der Waals surface area contributed by atoms with Crippen LogP contribution in [0.3, 0.4) is 0 Å². The number of rotatable bonds is 7. The van der Waals surface area contributed by atoms with Crippen molar-refractivity contribution in [2.45, 2.75) is 32.1 Å². The molecule has 3 aromatic rings. The summed E-state index contributed by atoms with van der Waals surface area (Å²) < 4.78 is 28.2. The number of anilines is 2. The predicted octanol–water partition coefficient (Wildman–Crippen LogP) is 4.70. The quantitative estimate of drug-likeness (QED) is 0.600. The van der Waals surface area contributed by atoms with Gasteiger partial charge in [0.2, 0.25) is 5.91 Å². The lowest BCUT2D eigenvalue weighted by molar-refractivity contribution is -0.114. The van der Waals surface area contributed by atoms with Gasteiger partial charge in [0.1, 0.15) is 6.54 Å². The average molecular weight is 423 g/mol. The zero-order chi connectivity index (χ0) is 21.7. The lowest BCUT2D eigenvalue weighted by atomic mass is 10.1. The Kier molecular flexibility index (Phi) is 6.57. The predicted molar refractivity (Wildman–Crippen MR) is 121 cm³/mol. The number of hydrogen-bond donors (Lipinski definition) is 1. The molecule has 6 heteroatoms. The number of nitrogens with zero attached hydrogens (tertiary/aromatic N) is 1. The molecule has 5 nitrogen and oxygen atoms in total. The molecule has 0 saturated heterocycles. The van der Waals surface area contributed by atoms with Crippen molar-refractivity contribution in [3.05, 3.63) is 89.5 Å². The van der Waals surface area contributed by atoms with E-state index in [0.29, 0.717) is 17.8 Å². The number of hydrogen-bond acceptors (Lipinski definition) is 3. The van der Waals surface area contributed by atoms with Crippen molar-refractivity contribution >= 4 is 27.3 Å². The molecule has 0 unspecified atom stereocenters. The van der Waals surface area contributed by atoms with Crippen molar-refractivity contribution in [1.82, 2.24) is 0 Å². The molecule has 0 aliphatic rings. The van der Waals surface area contributed by atoms with Gasteiger partial charge in [-0.1, -0.05) is 55.0 Å². The average Bonchev–Trinajstić information content (AvgIpc) is 2.72. The molecule has 0 aliphatic heterocycles. The van der Waals surface area contributed by atoms with Crippen molar-refractivity contribution in [3.8, 4) is 0 Å². The van der Waals surface area contributed by atoms with Crippen LogP contribution in [-0.4, -0.2) is 20.9 Å². The van der Waals surface area contributed by atoms with Gasteiger partial charge in [0.25, 0.3) is 10.0 Å². The summed E-state index contributed by atoms with van der Waals surface area (Å²) >= 11 is 0. The number of carbonyl (C=O) groups is 1. The number of nitrogens with one attached hydrogen (secondary N) is 1. The monoisotopic (exact) mass is 422 g/mol. The van der Waals surface area contributed by atoms with E-state index in [1.807, 2.05) is 51.1 Å². The second kappa shape index (κ2) is 9.13. The zero-order valence-electron chi connectivity index (χ0n) is 17.4. The minimum absolute atomic E-state index is 0.155. The molecule has 0 heterocycles. The minimum Gasteiger partial charge on any atom is -0.325 e. The fraction of sp³-hybridized carbons (Fsp3) is 0.208. The van der Waals surface area contributed by atoms with Crippen LogP contribution >= 0.6 is 0 Å². The molecule has 3 rings (SSSR count). The largest absolute Gasteiger partial charge is 0.325 e. The van der Waals surface area contributed by atoms with Gasteiger partial charge >= 0.3 is 0 Å². The maximum atomic E-state index is 13.5. The first-order chi connectivity index (χ1) is 14.3. The summed E-state index contributed by atoms with van der Waals surface area (Å²) in [5.74, 6) is -0.401. The van der Waals surface area contributed by atoms with Crippen LogP contribution in [0.1, 0.15) is 23.6 Å². The molecule has 0 atom stereocenters. The molecular formula is C24H26N2O3S. The van der Waals surface area contributed by atoms with E-state index >= 15 is 0 Å². The molecule has 0 aromatic heterocycles. The molecule has 0 saturated carbocycles. The highest BCUT2D eigenvalue weighted by atomic mass is 32.2. The van der Waals surface area contributed by atoms with Gasteiger partial charge in [-0.25, -0.2) is 8.42 Å². The molecule has 1 N–H and O–H groups in total. The lowest BCUT2D eigenvalue weighted by Crippen LogP contribution is -2.38. The van der Waals surface area contributed by atoms with Crippen molar-refractivity contribution in [2.75, 3.05) is 16.2 Å². The lowest BCUT2D eigenvalue weighted by Gasteiger charge is -2.26. The summed E-state index contributed by atoms with van der Waals surface area (Å²) in [7, 11) is -3.93. The summed E-state index contributed by atoms with van der Waals surface area (Å²) in [5, 5.41) is 2.81. The van der Waals surface area contributed by atoms with Gasteiger partial charge in [-0.3, -0.25) is 9.10 Å². The van der Waals surface area contributed by atoms with Crippen LogP contribution in [0, 0.1) is 13.8 Å². The van der Waals surface area contributed by atoms with Crippen LogP contribution < -0.4 is 9.62 Å². The number of sulfonamides is 1. The molecule has 156 valence electrons. The number of amides is 1. The topological polar surface area (TPSA) is 66.5 Å². The highest BCUT2D eigenvalue weighted by Crippen LogP contribution is 2.28. The van der Waals surface area contributed by atoms with E-state index in [4.69, 9.17) is 0 Å². The number of carbonyl (C=O) groups excluding carboxylic acids is 1. The molecule has 3 aromatic carbocycles. The minimum atomic E-state index is -3.93. The third-order valence-electron chi connectivity index (χ3n) is 4.84. The Balaban J connectivity index is 1.99. The second-order valence-electron chi connectivity index (χ2n) is 7.22. The van der Waals surface area contributed by atoms with Crippen LogP contribution in [0.15, 0.2) is 77.7 Å². The number of para-hydroxylation sites is 1. The summed E-state index contributed by atoms with van der Waals surface area (Å²) in [4.78, 5) is 13.0. The summed E-state index contributed by atoms with van der Waals surface area (Å²) in [6, 6.07) is 21.3. The molecule has 0 aliphatic carbocycles. The first kappa shape index (κ1) is 21.6. The van der Waals surface area contributed by atoms with E-state index < -0.39 is 15.9 Å². The third-order valence-corrected chi connectivity index (χ3v) is 6.61. The molecule has 30 heavy (non-hydrogen) atoms. The maximum Gasteiger partial charge on any atom is 0.264 e. The molecule has 0 fully saturated rings. The molecular weight excluding hydrogens is 396 g/mol. The fourth-order valence-electron chi connectivity index (χ4n) is 3.24. The third kappa shape index (κ3) is 4.89. The Morgan fingerprint density at radius 1 is 0.900 bits per heavy atom. The van der Waals surface area contributed by atoms with Gasteiger partial charge in [-0.15, -0.1) is 0 Å². The molecule has 0 radical (unpaired) electrons. The van der Waals surface area contributed by atoms with Crippen molar-refractivity contribution in [2.24, 2.45) is 0 Å². The van der Waals surface area contributed by atoms with E-state index in [9.17, 15) is 13.2 Å². The van der Waals surface area contributed by atoms with Crippen LogP contribution in [0.2, 0.25) is 0 Å². The van der Waals surface area contributed by atoms with Gasteiger partial charge in [0.05, 0.1) is 10.6 Å². The Bertz CT molecular complexity index is 1140. The zero-order valence-corrected chi connectivity index (χ0v) is 18.2. The van der Waals surface area contributed by atoms with Crippen LogP contribution in [0.4, 0.5) is 11.4 Å². The number of aryl methyl sites for hydroxylation is 3. The summed E-state index contributed by atoms with van der Waals surface area (Å²) in [5.41, 5.74) is 3.98. The highest BCUT2D eigenvalue weighted by molar-refractivity contribution is 7.92. The Morgan fingerprint density at radius 3 is 2.27 bits per heavy atom. The Labute approximate surface area is 178 Å². The van der Waals surface area contributed by atoms with Gasteiger partial charge in [-0.2, -0.15) is 0 Å². The van der Waals surface area contributed by atoms with Gasteiger partial charge in [0.15, 0.2) is 0 Å². The van der Waals surface area contributed by atoms with E-state index in [1.165, 1.54) is 4.31 Å². The second-order valence-corrected chi connectivity index (χ2v) is 9.09. The van der Waals surface area contributed by atoms with Gasteiger partial charge < -0.3 is 5.32 Å². The Morgan fingerprint density at radius 2 is 1.60 bits per heavy atom. The van der Waals surface area contributed by atoms with Gasteiger partial charge in [0, 0.05) is 5.69 Å². The molecule has 0 bridgehead atoms. The SMILES string of the molecule is CCc1ccccc1N(CC(=O)Nc1cccc(C)c1)S(=O)(=O)c1ccc(C)cc1. The summed E-state index contributed by atoms with van der Waals surface area (Å²) in [6.45, 7) is 5.47. The molecule has 0 spiro atoms. The van der Waals surface area contributed by atoms with Crippen molar-refractivity contribution < 1.29 is 13.2 Å². The van der Waals surface area contributed by atoms with Crippen LogP contribution in [0.25, 0.3) is 0 Å². The van der Waals surface area contributed by atoms with E-state index in [-0.39, 0.29) is 11.4 Å². The molecule has 1 amide bonds. The van der Waals surface area contributed by atoms with E-state index in [1.54, 1.807) is 42.5 Å². The Hall–Kier alpha value is -3.12. The first-order valence-electron chi connectivity index (χ1n) is 9.85. The van der Waals surface area contributed by atoms with E-state index in [0.717, 1.165) is 16.7 Å². The standard InChI is InChI=1S/C24H26N2O3S/c1-4-20-9-5-6-11-23(20)26(30(28,29)22-14-12-18(2)13-15-22)17-24(27)25-21-10-7-8-19(3)16-21/h5-16H,4,17H2,1-3H3,(H,25,27). The maximum absolute atomic E-state index is 13.5.